The molecule has 2 aromatic carbocycles. The molecule has 1 aliphatic heterocycles. The number of carbonyl (C=O) groups excluding carboxylic acids is 1. The lowest BCUT2D eigenvalue weighted by molar-refractivity contribution is -0.276. The minimum absolute atomic E-state index is 0.0781. The van der Waals surface area contributed by atoms with Crippen molar-refractivity contribution in [1.29, 1.82) is 0 Å². The zero-order valence-electron chi connectivity index (χ0n) is 28.3. The second kappa shape index (κ2) is 16.4. The summed E-state index contributed by atoms with van der Waals surface area (Å²) in [4.78, 5) is 14.1. The Bertz CT molecular complexity index is 1750. The number of amides is 1. The monoisotopic (exact) mass is 743 g/mol. The third-order valence-electron chi connectivity index (χ3n) is 7.76. The van der Waals surface area contributed by atoms with Crippen molar-refractivity contribution in [2.24, 2.45) is 0 Å². The highest BCUT2D eigenvalue weighted by atomic mass is 35.5. The fourth-order valence-electron chi connectivity index (χ4n) is 5.53. The van der Waals surface area contributed by atoms with Crippen molar-refractivity contribution >= 4 is 34.3 Å². The van der Waals surface area contributed by atoms with Crippen LogP contribution in [0.5, 0.6) is 5.75 Å². The Hall–Kier alpha value is -4.22. The minimum Gasteiger partial charge on any atom is -0.444 e. The highest BCUT2D eigenvalue weighted by Crippen LogP contribution is 2.38. The lowest BCUT2D eigenvalue weighted by Gasteiger charge is -2.27. The highest BCUT2D eigenvalue weighted by Gasteiger charge is 2.34. The van der Waals surface area contributed by atoms with Gasteiger partial charge in [0, 0.05) is 38.2 Å². The van der Waals surface area contributed by atoms with E-state index >= 15 is 0 Å². The van der Waals surface area contributed by atoms with Crippen molar-refractivity contribution in [2.45, 2.75) is 77.6 Å². The average Bonchev–Trinajstić information content (AvgIpc) is 3.74. The van der Waals surface area contributed by atoms with E-state index in [9.17, 15) is 26.7 Å². The second-order valence-corrected chi connectivity index (χ2v) is 13.3. The van der Waals surface area contributed by atoms with Crippen molar-refractivity contribution in [3.63, 3.8) is 0 Å². The summed E-state index contributed by atoms with van der Waals surface area (Å²) in [7, 11) is 0. The predicted molar refractivity (Wildman–Crippen MR) is 177 cm³/mol. The Labute approximate surface area is 295 Å². The van der Waals surface area contributed by atoms with Gasteiger partial charge in [0.15, 0.2) is 17.9 Å². The Balaban J connectivity index is 1.16. The number of carbonyl (C=O) groups is 1. The molecule has 1 aliphatic rings. The van der Waals surface area contributed by atoms with Crippen molar-refractivity contribution in [1.82, 2.24) is 29.4 Å². The van der Waals surface area contributed by atoms with Gasteiger partial charge in [-0.25, -0.2) is 18.3 Å². The second-order valence-electron chi connectivity index (χ2n) is 12.9. The van der Waals surface area contributed by atoms with Gasteiger partial charge in [-0.15, -0.1) is 23.4 Å². The molecule has 0 spiro atoms. The van der Waals surface area contributed by atoms with Gasteiger partial charge in [-0.1, -0.05) is 11.6 Å². The summed E-state index contributed by atoms with van der Waals surface area (Å²) in [5.41, 5.74) is 1.23. The van der Waals surface area contributed by atoms with Crippen LogP contribution in [0.4, 0.5) is 32.4 Å². The molecule has 3 heterocycles. The molecule has 1 atom stereocenters. The third kappa shape index (κ3) is 10.2. The first-order valence-electron chi connectivity index (χ1n) is 16.4. The van der Waals surface area contributed by atoms with Gasteiger partial charge in [0.25, 0.3) is 0 Å². The number of hydrogen-bond donors (Lipinski definition) is 1. The van der Waals surface area contributed by atoms with Crippen LogP contribution in [0.15, 0.2) is 37.1 Å². The number of fused-ring (bicyclic) bond motifs is 1. The van der Waals surface area contributed by atoms with Crippen molar-refractivity contribution in [3.05, 3.63) is 59.3 Å². The quantitative estimate of drug-likeness (QED) is 0.102. The van der Waals surface area contributed by atoms with E-state index in [1.54, 1.807) is 44.2 Å². The zero-order chi connectivity index (χ0) is 36.8. The van der Waals surface area contributed by atoms with E-state index in [1.807, 2.05) is 10.7 Å². The number of alkyl halides is 3. The van der Waals surface area contributed by atoms with Gasteiger partial charge in [-0.2, -0.15) is 5.10 Å². The number of rotatable bonds is 14. The van der Waals surface area contributed by atoms with Gasteiger partial charge in [-0.3, -0.25) is 4.57 Å². The highest BCUT2D eigenvalue weighted by molar-refractivity contribution is 6.36. The summed E-state index contributed by atoms with van der Waals surface area (Å²) in [6.07, 6.45) is 2.49. The molecule has 2 aromatic heterocycles. The van der Waals surface area contributed by atoms with E-state index in [0.29, 0.717) is 67.7 Å². The van der Waals surface area contributed by atoms with E-state index in [2.05, 4.69) is 25.3 Å². The van der Waals surface area contributed by atoms with Crippen molar-refractivity contribution in [3.8, 4) is 11.4 Å². The number of unbranched alkanes of at least 4 members (excludes halogenated alkanes) is 1. The molecule has 0 radical (unpaired) electrons. The van der Waals surface area contributed by atoms with Crippen LogP contribution in [0.25, 0.3) is 16.6 Å². The molecular weight excluding hydrogens is 705 g/mol. The van der Waals surface area contributed by atoms with Gasteiger partial charge in [0.05, 0.1) is 34.7 Å². The van der Waals surface area contributed by atoms with Crippen LogP contribution >= 0.6 is 11.6 Å². The smallest absolute Gasteiger partial charge is 0.444 e. The molecule has 1 unspecified atom stereocenters. The first-order chi connectivity index (χ1) is 24.2. The molecule has 1 amide bonds. The van der Waals surface area contributed by atoms with Crippen LogP contribution in [-0.2, 0) is 20.8 Å². The molecule has 1 N–H and O–H groups in total. The van der Waals surface area contributed by atoms with E-state index < -0.39 is 35.4 Å². The van der Waals surface area contributed by atoms with Gasteiger partial charge < -0.3 is 29.2 Å². The number of halogens is 6. The maximum Gasteiger partial charge on any atom is 0.573 e. The fourth-order valence-corrected chi connectivity index (χ4v) is 5.86. The zero-order valence-corrected chi connectivity index (χ0v) is 29.1. The molecule has 0 aliphatic carbocycles. The summed E-state index contributed by atoms with van der Waals surface area (Å²) in [6, 6.07) is 3.31. The van der Waals surface area contributed by atoms with E-state index in [1.165, 1.54) is 4.90 Å². The number of hydrogen-bond acceptors (Lipinski definition) is 9. The lowest BCUT2D eigenvalue weighted by atomic mass is 10.1. The largest absolute Gasteiger partial charge is 0.573 e. The Morgan fingerprint density at radius 2 is 1.80 bits per heavy atom. The summed E-state index contributed by atoms with van der Waals surface area (Å²) in [5.74, 6) is -4.67. The van der Waals surface area contributed by atoms with Crippen LogP contribution < -0.4 is 10.1 Å². The minimum atomic E-state index is -5.28. The van der Waals surface area contributed by atoms with Crippen LogP contribution in [0.2, 0.25) is 5.02 Å². The van der Waals surface area contributed by atoms with Crippen LogP contribution in [0, 0.1) is 11.6 Å². The number of benzene rings is 2. The first kappa shape index (κ1) is 38.0. The summed E-state index contributed by atoms with van der Waals surface area (Å²) >= 11 is 6.88. The Morgan fingerprint density at radius 1 is 1.08 bits per heavy atom. The SMILES string of the molecule is CC(C)(C)OC(=O)N(CCCCOCCNc1c(Cl)c(-n2cnnc2)cc2c1cnn2C1CCCCO1)Cc1cc(F)c(OC(F)(F)F)c(F)c1. The Morgan fingerprint density at radius 3 is 2.45 bits per heavy atom. The van der Waals surface area contributed by atoms with E-state index in [4.69, 9.17) is 25.8 Å². The van der Waals surface area contributed by atoms with Gasteiger partial charge in [0.2, 0.25) is 5.75 Å². The van der Waals surface area contributed by atoms with Gasteiger partial charge in [0.1, 0.15) is 18.3 Å². The van der Waals surface area contributed by atoms with E-state index in [0.717, 1.165) is 30.2 Å². The number of ether oxygens (including phenoxy) is 4. The predicted octanol–water partition coefficient (Wildman–Crippen LogP) is 7.79. The van der Waals surface area contributed by atoms with Crippen LogP contribution in [-0.4, -0.2) is 80.4 Å². The maximum atomic E-state index is 14.3. The van der Waals surface area contributed by atoms with Gasteiger partial charge in [-0.05, 0) is 76.6 Å². The van der Waals surface area contributed by atoms with Crippen LogP contribution in [0.1, 0.15) is 64.7 Å². The molecule has 51 heavy (non-hydrogen) atoms. The number of nitrogens with one attached hydrogen (secondary N) is 1. The molecular formula is C33H39ClF5N7O5. The van der Waals surface area contributed by atoms with E-state index in [-0.39, 0.29) is 24.9 Å². The molecule has 0 saturated carbocycles. The molecule has 18 heteroatoms. The molecule has 5 rings (SSSR count). The van der Waals surface area contributed by atoms with Gasteiger partial charge >= 0.3 is 12.5 Å². The number of anilines is 1. The molecule has 1 saturated heterocycles. The molecule has 4 aromatic rings. The number of nitrogens with zero attached hydrogens (tertiary/aromatic N) is 6. The third-order valence-corrected chi connectivity index (χ3v) is 8.14. The summed E-state index contributed by atoms with van der Waals surface area (Å²) < 4.78 is 90.7. The lowest BCUT2D eigenvalue weighted by Crippen LogP contribution is -2.37. The first-order valence-corrected chi connectivity index (χ1v) is 16.8. The summed E-state index contributed by atoms with van der Waals surface area (Å²) in [5, 5.41) is 17.1. The standard InChI is InChI=1S/C33H39ClF5N7O5/c1-32(2,3)51-31(47)44(18-21-14-23(35)30(24(36)15-21)50-33(37,38)39)10-5-7-11-48-13-9-40-29-22-17-43-46(27-8-4-6-12-49-27)25(22)16-26(28(29)34)45-19-41-42-20-45/h14-17,19-20,27,40H,4-13,18H2,1-3H3. The normalized spacial score (nSPS) is 15.3. The topological polar surface area (TPSA) is 118 Å². The van der Waals surface area contributed by atoms with Crippen LogP contribution in [0.3, 0.4) is 0 Å². The van der Waals surface area contributed by atoms with Crippen molar-refractivity contribution in [2.75, 3.05) is 38.2 Å². The average molecular weight is 744 g/mol. The molecule has 12 nitrogen and oxygen atoms in total. The maximum absolute atomic E-state index is 14.3. The fraction of sp³-hybridized carbons (Fsp3) is 0.515. The van der Waals surface area contributed by atoms with Crippen molar-refractivity contribution < 1.29 is 45.7 Å². The summed E-state index contributed by atoms with van der Waals surface area (Å²) in [6.45, 7) is 6.51. The number of aromatic nitrogens is 5. The Kier molecular flexibility index (Phi) is 12.2. The molecule has 1 fully saturated rings. The molecule has 0 bridgehead atoms. The molecule has 278 valence electrons.